The van der Waals surface area contributed by atoms with E-state index in [9.17, 15) is 0 Å². The Labute approximate surface area is 195 Å². The van der Waals surface area contributed by atoms with Gasteiger partial charge in [0.2, 0.25) is 0 Å². The molecule has 4 rings (SSSR count). The smallest absolute Gasteiger partial charge is 0.193 e. The standard InChI is InChI=1S/C22H31N7.HI/c1-4-24-22(28-12-8-17(2)20(15-28)29-13-10-23-16-29)25-9-7-19-14-27-11-5-6-18(3)21(27)26-19;/h5-6,10-11,13-14,16-17,20H,4,7-9,12,15H2,1-3H3,(H,24,25);1H. The number of rotatable bonds is 5. The van der Waals surface area contributed by atoms with E-state index in [2.05, 4.69) is 75.7 Å². The number of piperidine rings is 1. The van der Waals surface area contributed by atoms with Crippen LogP contribution in [0.5, 0.6) is 0 Å². The minimum atomic E-state index is 0. The number of fused-ring (bicyclic) bond motifs is 1. The minimum Gasteiger partial charge on any atom is -0.357 e. The number of halogens is 1. The normalized spacial score (nSPS) is 19.7. The predicted octanol–water partition coefficient (Wildman–Crippen LogP) is 3.55. The second kappa shape index (κ2) is 10.3. The Morgan fingerprint density at radius 3 is 2.93 bits per heavy atom. The number of likely N-dealkylation sites (tertiary alicyclic amines) is 1. The van der Waals surface area contributed by atoms with Gasteiger partial charge in [-0.3, -0.25) is 4.99 Å². The van der Waals surface area contributed by atoms with Gasteiger partial charge in [0.05, 0.1) is 18.1 Å². The number of aryl methyl sites for hydroxylation is 1. The summed E-state index contributed by atoms with van der Waals surface area (Å²) in [6, 6.07) is 4.58. The van der Waals surface area contributed by atoms with Crippen LogP contribution in [0.15, 0.2) is 48.2 Å². The number of hydrogen-bond donors (Lipinski definition) is 1. The minimum absolute atomic E-state index is 0. The molecule has 162 valence electrons. The molecule has 0 aliphatic carbocycles. The van der Waals surface area contributed by atoms with E-state index in [-0.39, 0.29) is 24.0 Å². The van der Waals surface area contributed by atoms with Crippen LogP contribution in [0.3, 0.4) is 0 Å². The summed E-state index contributed by atoms with van der Waals surface area (Å²) in [5.74, 6) is 1.63. The molecule has 0 bridgehead atoms. The zero-order valence-electron chi connectivity index (χ0n) is 18.0. The lowest BCUT2D eigenvalue weighted by Crippen LogP contribution is -2.49. The molecule has 1 aliphatic heterocycles. The van der Waals surface area contributed by atoms with E-state index >= 15 is 0 Å². The van der Waals surface area contributed by atoms with Crippen LogP contribution in [0.2, 0.25) is 0 Å². The van der Waals surface area contributed by atoms with Crippen molar-refractivity contribution in [2.75, 3.05) is 26.2 Å². The zero-order valence-corrected chi connectivity index (χ0v) is 20.4. The van der Waals surface area contributed by atoms with E-state index in [0.717, 1.165) is 56.3 Å². The molecule has 1 fully saturated rings. The van der Waals surface area contributed by atoms with E-state index in [1.807, 2.05) is 12.5 Å². The fourth-order valence-electron chi connectivity index (χ4n) is 4.12. The van der Waals surface area contributed by atoms with Crippen LogP contribution in [0.1, 0.15) is 37.6 Å². The SMILES string of the molecule is CCNC(=NCCc1cn2cccc(C)c2n1)N1CCC(C)C(n2ccnc2)C1.I. The number of hydrogen-bond acceptors (Lipinski definition) is 3. The third-order valence-corrected chi connectivity index (χ3v) is 5.82. The molecule has 2 unspecified atom stereocenters. The summed E-state index contributed by atoms with van der Waals surface area (Å²) in [6.45, 7) is 10.1. The van der Waals surface area contributed by atoms with E-state index < -0.39 is 0 Å². The molecule has 4 heterocycles. The number of aromatic nitrogens is 4. The van der Waals surface area contributed by atoms with Crippen molar-refractivity contribution in [3.63, 3.8) is 0 Å². The van der Waals surface area contributed by atoms with Gasteiger partial charge in [-0.15, -0.1) is 24.0 Å². The molecule has 0 spiro atoms. The maximum Gasteiger partial charge on any atom is 0.193 e. The van der Waals surface area contributed by atoms with Gasteiger partial charge in [0.1, 0.15) is 5.65 Å². The van der Waals surface area contributed by atoms with Crippen LogP contribution in [0.4, 0.5) is 0 Å². The molecule has 0 radical (unpaired) electrons. The van der Waals surface area contributed by atoms with Gasteiger partial charge in [-0.25, -0.2) is 9.97 Å². The monoisotopic (exact) mass is 521 g/mol. The van der Waals surface area contributed by atoms with Gasteiger partial charge >= 0.3 is 0 Å². The number of pyridine rings is 1. The summed E-state index contributed by atoms with van der Waals surface area (Å²) in [6.07, 6.45) is 12.0. The molecule has 1 N–H and O–H groups in total. The van der Waals surface area contributed by atoms with Gasteiger partial charge in [0.15, 0.2) is 5.96 Å². The number of guanidine groups is 1. The highest BCUT2D eigenvalue weighted by Gasteiger charge is 2.28. The lowest BCUT2D eigenvalue weighted by molar-refractivity contribution is 0.189. The summed E-state index contributed by atoms with van der Waals surface area (Å²) in [5.41, 5.74) is 3.32. The fraction of sp³-hybridized carbons (Fsp3) is 0.500. The first-order chi connectivity index (χ1) is 14.2. The average Bonchev–Trinajstić information content (AvgIpc) is 3.38. The largest absolute Gasteiger partial charge is 0.357 e. The summed E-state index contributed by atoms with van der Waals surface area (Å²) in [7, 11) is 0. The highest BCUT2D eigenvalue weighted by atomic mass is 127. The highest BCUT2D eigenvalue weighted by Crippen LogP contribution is 2.27. The molecule has 30 heavy (non-hydrogen) atoms. The van der Waals surface area contributed by atoms with Crippen molar-refractivity contribution in [1.29, 1.82) is 0 Å². The molecule has 8 heteroatoms. The van der Waals surface area contributed by atoms with Crippen molar-refractivity contribution in [3.05, 3.63) is 54.5 Å². The number of aliphatic imine (C=N–C) groups is 1. The Bertz CT molecular complexity index is 963. The Hall–Kier alpha value is -2.10. The molecule has 0 amide bonds. The summed E-state index contributed by atoms with van der Waals surface area (Å²) < 4.78 is 4.33. The second-order valence-electron chi connectivity index (χ2n) is 7.93. The Kier molecular flexibility index (Phi) is 7.74. The molecule has 0 saturated carbocycles. The Balaban J connectivity index is 0.00000256. The number of nitrogens with zero attached hydrogens (tertiary/aromatic N) is 6. The van der Waals surface area contributed by atoms with Crippen LogP contribution in [-0.4, -0.2) is 56.0 Å². The summed E-state index contributed by atoms with van der Waals surface area (Å²) in [5, 5.41) is 3.48. The van der Waals surface area contributed by atoms with Gasteiger partial charge < -0.3 is 19.2 Å². The molecule has 2 atom stereocenters. The van der Waals surface area contributed by atoms with E-state index in [1.54, 1.807) is 0 Å². The molecule has 1 aliphatic rings. The maximum absolute atomic E-state index is 4.92. The van der Waals surface area contributed by atoms with Gasteiger partial charge in [-0.05, 0) is 37.8 Å². The predicted molar refractivity (Wildman–Crippen MR) is 132 cm³/mol. The second-order valence-corrected chi connectivity index (χ2v) is 7.93. The quantitative estimate of drug-likeness (QED) is 0.317. The fourth-order valence-corrected chi connectivity index (χ4v) is 4.12. The van der Waals surface area contributed by atoms with Gasteiger partial charge in [0.25, 0.3) is 0 Å². The first-order valence-corrected chi connectivity index (χ1v) is 10.6. The lowest BCUT2D eigenvalue weighted by Gasteiger charge is -2.39. The third-order valence-electron chi connectivity index (χ3n) is 5.82. The number of nitrogens with one attached hydrogen (secondary N) is 1. The third kappa shape index (κ3) is 4.96. The Morgan fingerprint density at radius 1 is 1.33 bits per heavy atom. The highest BCUT2D eigenvalue weighted by molar-refractivity contribution is 14.0. The van der Waals surface area contributed by atoms with E-state index in [4.69, 9.17) is 9.98 Å². The van der Waals surface area contributed by atoms with Gasteiger partial charge in [-0.2, -0.15) is 0 Å². The zero-order chi connectivity index (χ0) is 20.2. The van der Waals surface area contributed by atoms with Crippen molar-refractivity contribution in [1.82, 2.24) is 29.2 Å². The average molecular weight is 521 g/mol. The van der Waals surface area contributed by atoms with Crippen LogP contribution < -0.4 is 5.32 Å². The molecule has 3 aromatic heterocycles. The molecule has 7 nitrogen and oxygen atoms in total. The first kappa shape index (κ1) is 22.6. The van der Waals surface area contributed by atoms with Crippen molar-refractivity contribution in [2.45, 2.75) is 39.7 Å². The maximum atomic E-state index is 4.92. The number of imidazole rings is 2. The van der Waals surface area contributed by atoms with Crippen molar-refractivity contribution in [3.8, 4) is 0 Å². The summed E-state index contributed by atoms with van der Waals surface area (Å²) in [4.78, 5) is 16.3. The topological polar surface area (TPSA) is 62.8 Å². The summed E-state index contributed by atoms with van der Waals surface area (Å²) >= 11 is 0. The molecular formula is C22H32IN7. The first-order valence-electron chi connectivity index (χ1n) is 10.6. The van der Waals surface area contributed by atoms with Crippen molar-refractivity contribution >= 4 is 35.6 Å². The molecule has 1 saturated heterocycles. The molecular weight excluding hydrogens is 489 g/mol. The molecule has 0 aromatic carbocycles. The van der Waals surface area contributed by atoms with Crippen LogP contribution in [-0.2, 0) is 6.42 Å². The van der Waals surface area contributed by atoms with Crippen LogP contribution in [0, 0.1) is 12.8 Å². The van der Waals surface area contributed by atoms with Gasteiger partial charge in [0, 0.05) is 57.4 Å². The molecule has 3 aromatic rings. The van der Waals surface area contributed by atoms with Gasteiger partial charge in [-0.1, -0.05) is 13.0 Å². The lowest BCUT2D eigenvalue weighted by atomic mass is 9.93. The van der Waals surface area contributed by atoms with Crippen molar-refractivity contribution < 1.29 is 0 Å². The van der Waals surface area contributed by atoms with Crippen LogP contribution in [0.25, 0.3) is 5.65 Å². The van der Waals surface area contributed by atoms with E-state index in [0.29, 0.717) is 12.0 Å². The Morgan fingerprint density at radius 2 is 2.20 bits per heavy atom. The van der Waals surface area contributed by atoms with Crippen molar-refractivity contribution in [2.24, 2.45) is 10.9 Å². The van der Waals surface area contributed by atoms with Crippen LogP contribution >= 0.6 is 24.0 Å². The van der Waals surface area contributed by atoms with E-state index in [1.165, 1.54) is 5.56 Å².